The Kier molecular flexibility index (Phi) is 6.50. The molecule has 1 unspecified atom stereocenters. The highest BCUT2D eigenvalue weighted by Gasteiger charge is 2.48. The lowest BCUT2D eigenvalue weighted by atomic mass is 9.66. The summed E-state index contributed by atoms with van der Waals surface area (Å²) < 4.78 is 6.16. The second-order valence-electron chi connectivity index (χ2n) is 8.14. The maximum absolute atomic E-state index is 12.9. The Morgan fingerprint density at radius 3 is 1.73 bits per heavy atom. The Bertz CT molecular complexity index is 1150. The van der Waals surface area contributed by atoms with Crippen molar-refractivity contribution >= 4 is 5.97 Å². The lowest BCUT2D eigenvalue weighted by molar-refractivity contribution is -0.148. The average molecular weight is 439 g/mol. The van der Waals surface area contributed by atoms with Crippen molar-refractivity contribution in [2.75, 3.05) is 0 Å². The molecule has 1 atom stereocenters. The van der Waals surface area contributed by atoms with E-state index in [1.54, 1.807) is 0 Å². The zero-order valence-electron chi connectivity index (χ0n) is 18.7. The van der Waals surface area contributed by atoms with Crippen LogP contribution in [0.1, 0.15) is 28.1 Å². The maximum Gasteiger partial charge on any atom is 0.346 e. The fraction of sp³-hybridized carbons (Fsp3) is 0.179. The van der Waals surface area contributed by atoms with E-state index in [9.17, 15) is 9.90 Å². The van der Waals surface area contributed by atoms with Crippen LogP contribution in [0.25, 0.3) is 0 Å². The van der Waals surface area contributed by atoms with Gasteiger partial charge in [0.15, 0.2) is 0 Å². The van der Waals surface area contributed by atoms with Gasteiger partial charge in [-0.1, -0.05) is 91.0 Å². The summed E-state index contributed by atoms with van der Waals surface area (Å²) in [7, 11) is 0. The average Bonchev–Trinajstić information content (AvgIpc) is 2.82. The van der Waals surface area contributed by atoms with Gasteiger partial charge in [-0.25, -0.2) is 14.8 Å². The van der Waals surface area contributed by atoms with Crippen LogP contribution in [0, 0.1) is 13.8 Å². The molecule has 4 rings (SSSR count). The Labute approximate surface area is 193 Å². The smallest absolute Gasteiger partial charge is 0.346 e. The van der Waals surface area contributed by atoms with Gasteiger partial charge in [-0.3, -0.25) is 0 Å². The van der Waals surface area contributed by atoms with Gasteiger partial charge >= 0.3 is 12.0 Å². The van der Waals surface area contributed by atoms with E-state index < -0.39 is 17.5 Å². The second kappa shape index (κ2) is 9.65. The van der Waals surface area contributed by atoms with Crippen LogP contribution in [0.4, 0.5) is 0 Å². The Morgan fingerprint density at radius 1 is 0.818 bits per heavy atom. The first-order chi connectivity index (χ1) is 16.0. The molecule has 5 heteroatoms. The summed E-state index contributed by atoms with van der Waals surface area (Å²) in [6.07, 6.45) is -0.854. The summed E-state index contributed by atoms with van der Waals surface area (Å²) in [5.41, 5.74) is 3.09. The number of aliphatic carboxylic acids is 1. The van der Waals surface area contributed by atoms with Crippen molar-refractivity contribution in [2.45, 2.75) is 31.8 Å². The number of hydrogen-bond donors (Lipinski definition) is 1. The van der Waals surface area contributed by atoms with Gasteiger partial charge in [0, 0.05) is 11.4 Å². The molecule has 0 aliphatic carbocycles. The topological polar surface area (TPSA) is 72.3 Å². The molecule has 5 nitrogen and oxygen atoms in total. The van der Waals surface area contributed by atoms with E-state index in [-0.39, 0.29) is 6.01 Å². The lowest BCUT2D eigenvalue weighted by Crippen LogP contribution is -2.51. The van der Waals surface area contributed by atoms with Gasteiger partial charge in [-0.2, -0.15) is 0 Å². The molecule has 4 aromatic rings. The molecule has 166 valence electrons. The maximum atomic E-state index is 12.9. The van der Waals surface area contributed by atoms with E-state index in [1.807, 2.05) is 111 Å². The summed E-state index contributed by atoms with van der Waals surface area (Å²) in [6.45, 7) is 3.67. The summed E-state index contributed by atoms with van der Waals surface area (Å²) >= 11 is 0. The van der Waals surface area contributed by atoms with Crippen LogP contribution in [0.2, 0.25) is 0 Å². The highest BCUT2D eigenvalue weighted by molar-refractivity contribution is 5.77. The van der Waals surface area contributed by atoms with Crippen molar-refractivity contribution in [3.05, 3.63) is 125 Å². The molecule has 1 N–H and O–H groups in total. The zero-order chi connectivity index (χ0) is 23.3. The fourth-order valence-electron chi connectivity index (χ4n) is 4.37. The van der Waals surface area contributed by atoms with Crippen LogP contribution < -0.4 is 4.74 Å². The number of ether oxygens (including phenoxy) is 1. The number of aromatic nitrogens is 2. The minimum Gasteiger partial charge on any atom is -0.478 e. The van der Waals surface area contributed by atoms with E-state index in [0.717, 1.165) is 28.1 Å². The third-order valence-electron chi connectivity index (χ3n) is 5.76. The van der Waals surface area contributed by atoms with Crippen molar-refractivity contribution in [3.63, 3.8) is 0 Å². The minimum atomic E-state index is -1.27. The largest absolute Gasteiger partial charge is 0.478 e. The number of carbonyl (C=O) groups is 1. The number of nitrogens with zero attached hydrogens (tertiary/aromatic N) is 2. The Hall–Kier alpha value is -3.99. The number of rotatable bonds is 8. The van der Waals surface area contributed by atoms with Gasteiger partial charge in [0.1, 0.15) is 0 Å². The molecular weight excluding hydrogens is 412 g/mol. The van der Waals surface area contributed by atoms with Crippen molar-refractivity contribution in [1.82, 2.24) is 9.97 Å². The number of carboxylic acids is 1. The van der Waals surface area contributed by atoms with E-state index in [4.69, 9.17) is 4.74 Å². The van der Waals surface area contributed by atoms with E-state index in [2.05, 4.69) is 9.97 Å². The van der Waals surface area contributed by atoms with Gasteiger partial charge in [0.2, 0.25) is 6.10 Å². The standard InChI is InChI=1S/C28H26N2O3/c1-20-18-21(2)30-27(29-20)33-25(26(31)32)28(23-14-8-4-9-15-23,24-16-10-5-11-17-24)19-22-12-6-3-7-13-22/h3-18,25H,19H2,1-2H3,(H,31,32). The molecular formula is C28H26N2O3. The van der Waals surface area contributed by atoms with E-state index >= 15 is 0 Å². The molecule has 0 fully saturated rings. The molecule has 0 saturated heterocycles. The van der Waals surface area contributed by atoms with E-state index in [1.165, 1.54) is 0 Å². The first kappa shape index (κ1) is 22.2. The van der Waals surface area contributed by atoms with Crippen LogP contribution in [-0.4, -0.2) is 27.1 Å². The molecule has 0 saturated carbocycles. The number of hydrogen-bond acceptors (Lipinski definition) is 4. The molecule has 3 aromatic carbocycles. The lowest BCUT2D eigenvalue weighted by Gasteiger charge is -2.39. The van der Waals surface area contributed by atoms with Gasteiger partial charge in [0.05, 0.1) is 5.41 Å². The monoisotopic (exact) mass is 438 g/mol. The molecule has 33 heavy (non-hydrogen) atoms. The third kappa shape index (κ3) is 4.77. The normalized spacial score (nSPS) is 12.2. The highest BCUT2D eigenvalue weighted by atomic mass is 16.5. The van der Waals surface area contributed by atoms with Crippen LogP contribution in [-0.2, 0) is 16.6 Å². The molecule has 0 spiro atoms. The first-order valence-electron chi connectivity index (χ1n) is 10.9. The molecule has 0 bridgehead atoms. The van der Waals surface area contributed by atoms with Gasteiger partial charge in [-0.15, -0.1) is 0 Å². The summed E-state index contributed by atoms with van der Waals surface area (Å²) in [4.78, 5) is 21.6. The highest BCUT2D eigenvalue weighted by Crippen LogP contribution is 2.41. The van der Waals surface area contributed by atoms with Gasteiger partial charge in [0.25, 0.3) is 0 Å². The summed E-state index contributed by atoms with van der Waals surface area (Å²) in [5, 5.41) is 10.5. The van der Waals surface area contributed by atoms with Crippen LogP contribution in [0.5, 0.6) is 6.01 Å². The van der Waals surface area contributed by atoms with Crippen molar-refractivity contribution in [3.8, 4) is 6.01 Å². The van der Waals surface area contributed by atoms with Crippen LogP contribution in [0.3, 0.4) is 0 Å². The molecule has 0 radical (unpaired) electrons. The van der Waals surface area contributed by atoms with Crippen molar-refractivity contribution in [1.29, 1.82) is 0 Å². The Balaban J connectivity index is 1.96. The third-order valence-corrected chi connectivity index (χ3v) is 5.76. The van der Waals surface area contributed by atoms with Crippen molar-refractivity contribution < 1.29 is 14.6 Å². The minimum absolute atomic E-state index is 0.0594. The number of benzene rings is 3. The predicted molar refractivity (Wildman–Crippen MR) is 127 cm³/mol. The number of carboxylic acid groups (broad SMARTS) is 1. The van der Waals surface area contributed by atoms with Crippen molar-refractivity contribution in [2.24, 2.45) is 0 Å². The molecule has 1 aromatic heterocycles. The fourth-order valence-corrected chi connectivity index (χ4v) is 4.37. The quantitative estimate of drug-likeness (QED) is 0.412. The first-order valence-corrected chi connectivity index (χ1v) is 10.9. The molecule has 0 aliphatic heterocycles. The summed E-state index contributed by atoms with van der Waals surface area (Å²) in [6, 6.07) is 31.1. The van der Waals surface area contributed by atoms with E-state index in [0.29, 0.717) is 6.42 Å². The molecule has 1 heterocycles. The van der Waals surface area contributed by atoms with Crippen LogP contribution in [0.15, 0.2) is 97.1 Å². The zero-order valence-corrected chi connectivity index (χ0v) is 18.7. The van der Waals surface area contributed by atoms with Gasteiger partial charge in [-0.05, 0) is 43.0 Å². The molecule has 0 amide bonds. The second-order valence-corrected chi connectivity index (χ2v) is 8.14. The number of aryl methyl sites for hydroxylation is 2. The summed E-state index contributed by atoms with van der Waals surface area (Å²) in [5.74, 6) is -1.08. The predicted octanol–water partition coefficient (Wildman–Crippen LogP) is 5.15. The van der Waals surface area contributed by atoms with Crippen LogP contribution >= 0.6 is 0 Å². The molecule has 0 aliphatic rings. The SMILES string of the molecule is Cc1cc(C)nc(OC(C(=O)O)C(Cc2ccccc2)(c2ccccc2)c2ccccc2)n1. The Morgan fingerprint density at radius 2 is 1.27 bits per heavy atom. The van der Waals surface area contributed by atoms with Gasteiger partial charge < -0.3 is 9.84 Å².